The van der Waals surface area contributed by atoms with Crippen molar-refractivity contribution in [2.45, 2.75) is 13.3 Å². The second-order valence-electron chi connectivity index (χ2n) is 5.05. The molecule has 0 atom stereocenters. The average Bonchev–Trinajstić information content (AvgIpc) is 2.57. The number of halogens is 1. The third kappa shape index (κ3) is 5.70. The molecule has 5 nitrogen and oxygen atoms in total. The van der Waals surface area contributed by atoms with Gasteiger partial charge in [-0.1, -0.05) is 30.3 Å². The number of benzene rings is 2. The lowest BCUT2D eigenvalue weighted by Crippen LogP contribution is -2.21. The lowest BCUT2D eigenvalue weighted by atomic mass is 10.2. The van der Waals surface area contributed by atoms with Gasteiger partial charge in [0.15, 0.2) is 6.61 Å². The summed E-state index contributed by atoms with van der Waals surface area (Å²) in [5.74, 6) is -0.141. The standard InChI is InChI=1S/C18H18BrNO4/c1-13-6-2-5-9-16(13)23-11-10-18(22)24-12-17(21)20-15-8-4-3-7-14(15)19/h2-9H,10-12H2,1H3,(H,20,21). The molecule has 0 aliphatic carbocycles. The third-order valence-electron chi connectivity index (χ3n) is 3.17. The maximum atomic E-state index is 11.8. The summed E-state index contributed by atoms with van der Waals surface area (Å²) < 4.78 is 11.2. The van der Waals surface area contributed by atoms with Crippen LogP contribution in [0, 0.1) is 6.92 Å². The van der Waals surface area contributed by atoms with Crippen LogP contribution in [0.2, 0.25) is 0 Å². The SMILES string of the molecule is Cc1ccccc1OCCC(=O)OCC(=O)Nc1ccccc1Br. The van der Waals surface area contributed by atoms with E-state index in [0.717, 1.165) is 15.8 Å². The predicted octanol–water partition coefficient (Wildman–Crippen LogP) is 3.71. The Morgan fingerprint density at radius 2 is 1.79 bits per heavy atom. The van der Waals surface area contributed by atoms with E-state index in [-0.39, 0.29) is 19.6 Å². The Kier molecular flexibility index (Phi) is 6.81. The Hall–Kier alpha value is -2.34. The van der Waals surface area contributed by atoms with Gasteiger partial charge in [0.2, 0.25) is 0 Å². The first-order valence-corrected chi connectivity index (χ1v) is 8.24. The summed E-state index contributed by atoms with van der Waals surface area (Å²) in [6, 6.07) is 14.8. The lowest BCUT2D eigenvalue weighted by Gasteiger charge is -2.09. The quantitative estimate of drug-likeness (QED) is 0.730. The molecule has 2 aromatic carbocycles. The molecule has 0 unspecified atom stereocenters. The van der Waals surface area contributed by atoms with Crippen molar-refractivity contribution in [3.63, 3.8) is 0 Å². The molecule has 0 spiro atoms. The Labute approximate surface area is 149 Å². The minimum atomic E-state index is -0.481. The van der Waals surface area contributed by atoms with Gasteiger partial charge in [0, 0.05) is 4.47 Å². The molecule has 0 radical (unpaired) electrons. The molecule has 6 heteroatoms. The molecule has 0 bridgehead atoms. The molecule has 1 N–H and O–H groups in total. The van der Waals surface area contributed by atoms with Gasteiger partial charge in [0.05, 0.1) is 18.7 Å². The monoisotopic (exact) mass is 391 g/mol. The lowest BCUT2D eigenvalue weighted by molar-refractivity contribution is -0.147. The second-order valence-corrected chi connectivity index (χ2v) is 5.91. The van der Waals surface area contributed by atoms with Gasteiger partial charge in [0.1, 0.15) is 5.75 Å². The number of ether oxygens (including phenoxy) is 2. The number of amides is 1. The summed E-state index contributed by atoms with van der Waals surface area (Å²) in [5.41, 5.74) is 1.63. The fraction of sp³-hybridized carbons (Fsp3) is 0.222. The van der Waals surface area contributed by atoms with Crippen molar-refractivity contribution >= 4 is 33.5 Å². The molecule has 0 aliphatic rings. The minimum Gasteiger partial charge on any atom is -0.493 e. The first-order chi connectivity index (χ1) is 11.6. The van der Waals surface area contributed by atoms with Gasteiger partial charge in [-0.05, 0) is 46.6 Å². The summed E-state index contributed by atoms with van der Waals surface area (Å²) in [5, 5.41) is 2.66. The predicted molar refractivity (Wildman–Crippen MR) is 95.0 cm³/mol. The van der Waals surface area contributed by atoms with Gasteiger partial charge in [0.25, 0.3) is 5.91 Å². The topological polar surface area (TPSA) is 64.6 Å². The Bertz CT molecular complexity index is 718. The number of anilines is 1. The van der Waals surface area contributed by atoms with E-state index in [1.165, 1.54) is 0 Å². The van der Waals surface area contributed by atoms with E-state index in [2.05, 4.69) is 21.2 Å². The molecular weight excluding hydrogens is 374 g/mol. The van der Waals surface area contributed by atoms with Crippen LogP contribution in [0.15, 0.2) is 53.0 Å². The smallest absolute Gasteiger partial charge is 0.309 e. The highest BCUT2D eigenvalue weighted by Crippen LogP contribution is 2.21. The summed E-state index contributed by atoms with van der Waals surface area (Å²) >= 11 is 3.33. The van der Waals surface area contributed by atoms with Crippen molar-refractivity contribution in [3.05, 3.63) is 58.6 Å². The molecule has 0 fully saturated rings. The van der Waals surface area contributed by atoms with Gasteiger partial charge in [-0.25, -0.2) is 0 Å². The van der Waals surface area contributed by atoms with Crippen LogP contribution in [0.5, 0.6) is 5.75 Å². The summed E-state index contributed by atoms with van der Waals surface area (Å²) in [6.07, 6.45) is 0.0800. The van der Waals surface area contributed by atoms with Crippen LogP contribution in [0.1, 0.15) is 12.0 Å². The largest absolute Gasteiger partial charge is 0.493 e. The maximum absolute atomic E-state index is 11.8. The number of hydrogen-bond donors (Lipinski definition) is 1. The Balaban J connectivity index is 1.68. The first-order valence-electron chi connectivity index (χ1n) is 7.44. The molecule has 0 heterocycles. The number of para-hydroxylation sites is 2. The number of esters is 1. The van der Waals surface area contributed by atoms with Crippen LogP contribution in [0.4, 0.5) is 5.69 Å². The molecule has 1 amide bonds. The molecule has 2 rings (SSSR count). The van der Waals surface area contributed by atoms with Gasteiger partial charge >= 0.3 is 5.97 Å². The maximum Gasteiger partial charge on any atom is 0.309 e. The Morgan fingerprint density at radius 3 is 2.54 bits per heavy atom. The van der Waals surface area contributed by atoms with Crippen molar-refractivity contribution in [2.75, 3.05) is 18.5 Å². The van der Waals surface area contributed by atoms with Crippen LogP contribution in [-0.4, -0.2) is 25.1 Å². The van der Waals surface area contributed by atoms with Crippen molar-refractivity contribution in [2.24, 2.45) is 0 Å². The fourth-order valence-corrected chi connectivity index (χ4v) is 2.31. The zero-order chi connectivity index (χ0) is 17.4. The van der Waals surface area contributed by atoms with E-state index >= 15 is 0 Å². The van der Waals surface area contributed by atoms with Crippen molar-refractivity contribution < 1.29 is 19.1 Å². The first kappa shape index (κ1) is 18.0. The minimum absolute atomic E-state index is 0.0800. The van der Waals surface area contributed by atoms with Crippen LogP contribution < -0.4 is 10.1 Å². The van der Waals surface area contributed by atoms with E-state index in [1.54, 1.807) is 12.1 Å². The average molecular weight is 392 g/mol. The molecule has 126 valence electrons. The molecule has 2 aromatic rings. The summed E-state index contributed by atoms with van der Waals surface area (Å²) in [7, 11) is 0. The van der Waals surface area contributed by atoms with Gasteiger partial charge in [-0.2, -0.15) is 0 Å². The molecule has 0 saturated heterocycles. The van der Waals surface area contributed by atoms with Gasteiger partial charge in [-0.15, -0.1) is 0 Å². The van der Waals surface area contributed by atoms with E-state index < -0.39 is 11.9 Å². The van der Waals surface area contributed by atoms with E-state index in [4.69, 9.17) is 9.47 Å². The second kappa shape index (κ2) is 9.08. The van der Waals surface area contributed by atoms with Crippen molar-refractivity contribution in [1.82, 2.24) is 0 Å². The third-order valence-corrected chi connectivity index (χ3v) is 3.86. The summed E-state index contributed by atoms with van der Waals surface area (Å²) in [6.45, 7) is 1.81. The molecule has 0 aliphatic heterocycles. The number of hydrogen-bond acceptors (Lipinski definition) is 4. The highest BCUT2D eigenvalue weighted by molar-refractivity contribution is 9.10. The van der Waals surface area contributed by atoms with Crippen LogP contribution in [-0.2, 0) is 14.3 Å². The van der Waals surface area contributed by atoms with Crippen LogP contribution in [0.3, 0.4) is 0 Å². The van der Waals surface area contributed by atoms with Crippen molar-refractivity contribution in [3.8, 4) is 5.75 Å². The van der Waals surface area contributed by atoms with Crippen molar-refractivity contribution in [1.29, 1.82) is 0 Å². The summed E-state index contributed by atoms with van der Waals surface area (Å²) in [4.78, 5) is 23.4. The molecule has 0 saturated carbocycles. The normalized spacial score (nSPS) is 10.1. The highest BCUT2D eigenvalue weighted by atomic mass is 79.9. The number of nitrogens with one attached hydrogen (secondary N) is 1. The van der Waals surface area contributed by atoms with E-state index in [9.17, 15) is 9.59 Å². The zero-order valence-electron chi connectivity index (χ0n) is 13.3. The van der Waals surface area contributed by atoms with Gasteiger partial charge in [-0.3, -0.25) is 9.59 Å². The molecule has 24 heavy (non-hydrogen) atoms. The number of carbonyl (C=O) groups excluding carboxylic acids is 2. The number of aryl methyl sites for hydroxylation is 1. The number of carbonyl (C=O) groups is 2. The van der Waals surface area contributed by atoms with Gasteiger partial charge < -0.3 is 14.8 Å². The van der Waals surface area contributed by atoms with Crippen LogP contribution >= 0.6 is 15.9 Å². The van der Waals surface area contributed by atoms with Crippen LogP contribution in [0.25, 0.3) is 0 Å². The molecular formula is C18H18BrNO4. The number of rotatable bonds is 7. The highest BCUT2D eigenvalue weighted by Gasteiger charge is 2.09. The van der Waals surface area contributed by atoms with E-state index in [1.807, 2.05) is 43.3 Å². The van der Waals surface area contributed by atoms with E-state index in [0.29, 0.717) is 5.69 Å². The fourth-order valence-electron chi connectivity index (χ4n) is 1.93. The zero-order valence-corrected chi connectivity index (χ0v) is 14.8. The Morgan fingerprint density at radius 1 is 1.08 bits per heavy atom. The molecule has 0 aromatic heterocycles.